The van der Waals surface area contributed by atoms with Gasteiger partial charge in [-0.25, -0.2) is 4.39 Å². The van der Waals surface area contributed by atoms with E-state index in [4.69, 9.17) is 5.73 Å². The molecule has 4 heteroatoms. The Morgan fingerprint density at radius 2 is 2.31 bits per heavy atom. The minimum absolute atomic E-state index is 0.0455. The number of anilines is 1. The number of hydrogen-bond donors (Lipinski definition) is 2. The Kier molecular flexibility index (Phi) is 3.12. The summed E-state index contributed by atoms with van der Waals surface area (Å²) in [6, 6.07) is 4.18. The first kappa shape index (κ1) is 11.4. The Labute approximate surface area is 94.7 Å². The second-order valence-corrected chi connectivity index (χ2v) is 4.41. The van der Waals surface area contributed by atoms with E-state index >= 15 is 0 Å². The fourth-order valence-electron chi connectivity index (χ4n) is 2.34. The summed E-state index contributed by atoms with van der Waals surface area (Å²) in [5.74, 6) is -0.357. The molecular weight excluding hydrogens is 207 g/mol. The molecule has 2 atom stereocenters. The molecule has 3 N–H and O–H groups in total. The maximum Gasteiger partial charge on any atom is 0.123 e. The Hall–Kier alpha value is -1.13. The number of rotatable bonds is 2. The van der Waals surface area contributed by atoms with Gasteiger partial charge in [-0.2, -0.15) is 0 Å². The molecule has 1 aliphatic rings. The highest BCUT2D eigenvalue weighted by molar-refractivity contribution is 5.48. The van der Waals surface area contributed by atoms with Crippen molar-refractivity contribution >= 4 is 5.69 Å². The third-order valence-corrected chi connectivity index (χ3v) is 3.31. The molecule has 0 amide bonds. The van der Waals surface area contributed by atoms with E-state index in [-0.39, 0.29) is 11.9 Å². The van der Waals surface area contributed by atoms with Crippen molar-refractivity contribution in [3.05, 3.63) is 29.6 Å². The summed E-state index contributed by atoms with van der Waals surface area (Å²) in [4.78, 5) is 2.09. The second-order valence-electron chi connectivity index (χ2n) is 4.41. The quantitative estimate of drug-likeness (QED) is 0.749. The van der Waals surface area contributed by atoms with Gasteiger partial charge in [-0.1, -0.05) is 0 Å². The number of aliphatic hydroxyl groups is 1. The zero-order valence-corrected chi connectivity index (χ0v) is 9.36. The molecule has 1 fully saturated rings. The van der Waals surface area contributed by atoms with E-state index in [2.05, 4.69) is 4.90 Å². The normalized spacial score (nSPS) is 23.6. The first-order valence-electron chi connectivity index (χ1n) is 5.53. The molecule has 16 heavy (non-hydrogen) atoms. The van der Waals surface area contributed by atoms with E-state index in [9.17, 15) is 9.50 Å². The molecule has 0 spiro atoms. The van der Waals surface area contributed by atoms with E-state index < -0.39 is 6.10 Å². The summed E-state index contributed by atoms with van der Waals surface area (Å²) in [6.45, 7) is 0.969. The average molecular weight is 224 g/mol. The van der Waals surface area contributed by atoms with Gasteiger partial charge >= 0.3 is 0 Å². The second kappa shape index (κ2) is 4.39. The van der Waals surface area contributed by atoms with Gasteiger partial charge in [-0.15, -0.1) is 0 Å². The van der Waals surface area contributed by atoms with Crippen molar-refractivity contribution in [1.82, 2.24) is 4.90 Å². The van der Waals surface area contributed by atoms with E-state index in [0.29, 0.717) is 11.3 Å². The zero-order valence-electron chi connectivity index (χ0n) is 9.36. The van der Waals surface area contributed by atoms with Crippen molar-refractivity contribution in [3.8, 4) is 0 Å². The van der Waals surface area contributed by atoms with Gasteiger partial charge in [0.1, 0.15) is 5.82 Å². The number of halogens is 1. The third kappa shape index (κ3) is 2.03. The maximum atomic E-state index is 13.1. The van der Waals surface area contributed by atoms with Gasteiger partial charge in [0.25, 0.3) is 0 Å². The largest absolute Gasteiger partial charge is 0.398 e. The van der Waals surface area contributed by atoms with Crippen molar-refractivity contribution in [2.24, 2.45) is 0 Å². The highest BCUT2D eigenvalue weighted by Crippen LogP contribution is 2.31. The lowest BCUT2D eigenvalue weighted by atomic mass is 9.99. The van der Waals surface area contributed by atoms with E-state index in [1.807, 2.05) is 7.05 Å². The standard InChI is InChI=1S/C12H17FN2O/c1-15-6-2-3-11(15)12(16)9-7-8(13)4-5-10(9)14/h4-5,7,11-12,16H,2-3,6,14H2,1H3. The predicted molar refractivity (Wildman–Crippen MR) is 61.4 cm³/mol. The number of likely N-dealkylation sites (tertiary alicyclic amines) is 1. The Morgan fingerprint density at radius 1 is 1.56 bits per heavy atom. The molecule has 0 aromatic heterocycles. The molecule has 2 unspecified atom stereocenters. The minimum atomic E-state index is -0.705. The van der Waals surface area contributed by atoms with Gasteiger partial charge in [0, 0.05) is 17.3 Å². The van der Waals surface area contributed by atoms with Crippen LogP contribution in [0.2, 0.25) is 0 Å². The fourth-order valence-corrected chi connectivity index (χ4v) is 2.34. The third-order valence-electron chi connectivity index (χ3n) is 3.31. The fraction of sp³-hybridized carbons (Fsp3) is 0.500. The van der Waals surface area contributed by atoms with Crippen LogP contribution in [0.15, 0.2) is 18.2 Å². The first-order chi connectivity index (χ1) is 7.59. The molecule has 0 radical (unpaired) electrons. The predicted octanol–water partition coefficient (Wildman–Crippen LogP) is 1.54. The molecule has 1 aromatic rings. The lowest BCUT2D eigenvalue weighted by Gasteiger charge is -2.26. The molecule has 3 nitrogen and oxygen atoms in total. The molecule has 1 aromatic carbocycles. The number of nitrogen functional groups attached to an aromatic ring is 1. The van der Waals surface area contributed by atoms with E-state index in [1.54, 1.807) is 0 Å². The van der Waals surface area contributed by atoms with Crippen LogP contribution in [-0.4, -0.2) is 29.6 Å². The smallest absolute Gasteiger partial charge is 0.123 e. The highest BCUT2D eigenvalue weighted by atomic mass is 19.1. The minimum Gasteiger partial charge on any atom is -0.398 e. The van der Waals surface area contributed by atoms with Crippen molar-refractivity contribution in [1.29, 1.82) is 0 Å². The van der Waals surface area contributed by atoms with Crippen LogP contribution in [0.4, 0.5) is 10.1 Å². The molecule has 1 saturated heterocycles. The Morgan fingerprint density at radius 3 is 2.94 bits per heavy atom. The number of hydrogen-bond acceptors (Lipinski definition) is 3. The average Bonchev–Trinajstić information content (AvgIpc) is 2.67. The lowest BCUT2D eigenvalue weighted by molar-refractivity contribution is 0.0860. The topological polar surface area (TPSA) is 49.5 Å². The zero-order chi connectivity index (χ0) is 11.7. The van der Waals surface area contributed by atoms with Crippen molar-refractivity contribution in [3.63, 3.8) is 0 Å². The van der Waals surface area contributed by atoms with Crippen LogP contribution in [0.5, 0.6) is 0 Å². The Bertz CT molecular complexity index is 383. The van der Waals surface area contributed by atoms with Crippen LogP contribution in [-0.2, 0) is 0 Å². The number of aliphatic hydroxyl groups excluding tert-OH is 1. The van der Waals surface area contributed by atoms with Crippen LogP contribution >= 0.6 is 0 Å². The van der Waals surface area contributed by atoms with Crippen LogP contribution < -0.4 is 5.73 Å². The van der Waals surface area contributed by atoms with Crippen LogP contribution in [0.3, 0.4) is 0 Å². The molecule has 0 aliphatic carbocycles. The molecule has 1 aliphatic heterocycles. The van der Waals surface area contributed by atoms with Gasteiger partial charge in [0.15, 0.2) is 0 Å². The van der Waals surface area contributed by atoms with Crippen molar-refractivity contribution in [2.45, 2.75) is 25.0 Å². The first-order valence-corrected chi connectivity index (χ1v) is 5.53. The SMILES string of the molecule is CN1CCCC1C(O)c1cc(F)ccc1N. The van der Waals surface area contributed by atoms with Gasteiger partial charge in [-0.3, -0.25) is 0 Å². The van der Waals surface area contributed by atoms with Gasteiger partial charge in [0.05, 0.1) is 6.10 Å². The van der Waals surface area contributed by atoms with Gasteiger partial charge < -0.3 is 15.7 Å². The molecule has 0 bridgehead atoms. The summed E-state index contributed by atoms with van der Waals surface area (Å²) >= 11 is 0. The van der Waals surface area contributed by atoms with E-state index in [1.165, 1.54) is 18.2 Å². The molecular formula is C12H17FN2O. The summed E-state index contributed by atoms with van der Waals surface area (Å²) in [7, 11) is 1.97. The molecule has 1 heterocycles. The number of likely N-dealkylation sites (N-methyl/N-ethyl adjacent to an activating group) is 1. The highest BCUT2D eigenvalue weighted by Gasteiger charge is 2.30. The van der Waals surface area contributed by atoms with Crippen LogP contribution in [0.25, 0.3) is 0 Å². The van der Waals surface area contributed by atoms with Crippen molar-refractivity contribution < 1.29 is 9.50 Å². The molecule has 2 rings (SSSR count). The van der Waals surface area contributed by atoms with Gasteiger partial charge in [-0.05, 0) is 44.6 Å². The molecule has 88 valence electrons. The van der Waals surface area contributed by atoms with Gasteiger partial charge in [0.2, 0.25) is 0 Å². The summed E-state index contributed by atoms with van der Waals surface area (Å²) in [6.07, 6.45) is 1.28. The van der Waals surface area contributed by atoms with Crippen LogP contribution in [0.1, 0.15) is 24.5 Å². The number of benzene rings is 1. The van der Waals surface area contributed by atoms with Crippen molar-refractivity contribution in [2.75, 3.05) is 19.3 Å². The maximum absolute atomic E-state index is 13.1. The molecule has 0 saturated carbocycles. The number of nitrogens with zero attached hydrogens (tertiary/aromatic N) is 1. The van der Waals surface area contributed by atoms with Crippen LogP contribution in [0, 0.1) is 5.82 Å². The van der Waals surface area contributed by atoms with E-state index in [0.717, 1.165) is 19.4 Å². The Balaban J connectivity index is 2.25. The lowest BCUT2D eigenvalue weighted by Crippen LogP contribution is -2.31. The monoisotopic (exact) mass is 224 g/mol. The summed E-state index contributed by atoms with van der Waals surface area (Å²) in [5.41, 5.74) is 6.71. The summed E-state index contributed by atoms with van der Waals surface area (Å²) < 4.78 is 13.1. The summed E-state index contributed by atoms with van der Waals surface area (Å²) in [5, 5.41) is 10.2. The number of nitrogens with two attached hydrogens (primary N) is 1.